The lowest BCUT2D eigenvalue weighted by Gasteiger charge is -2.09. The topological polar surface area (TPSA) is 55.8 Å². The van der Waals surface area contributed by atoms with Crippen LogP contribution in [0.4, 0.5) is 0 Å². The van der Waals surface area contributed by atoms with E-state index in [9.17, 15) is 9.90 Å². The Hall–Kier alpha value is -2.23. The Balaban J connectivity index is 2.38. The van der Waals surface area contributed by atoms with Crippen LogP contribution in [-0.2, 0) is 4.79 Å². The van der Waals surface area contributed by atoms with Crippen LogP contribution in [0.25, 0.3) is 6.08 Å². The Kier molecular flexibility index (Phi) is 4.45. The third kappa shape index (κ3) is 3.02. The van der Waals surface area contributed by atoms with Gasteiger partial charge in [0, 0.05) is 0 Å². The first-order valence-corrected chi connectivity index (χ1v) is 6.52. The zero-order valence-electron chi connectivity index (χ0n) is 11.7. The molecule has 2 rings (SSSR count). The maximum Gasteiger partial charge on any atom is 0.335 e. The highest BCUT2D eigenvalue weighted by Crippen LogP contribution is 2.31. The van der Waals surface area contributed by atoms with Crippen LogP contribution in [0.15, 0.2) is 35.4 Å². The first kappa shape index (κ1) is 14.2. The molecule has 20 heavy (non-hydrogen) atoms. The fourth-order valence-electron chi connectivity index (χ4n) is 2.32. The number of hydrogen-bond donors (Lipinski definition) is 1. The summed E-state index contributed by atoms with van der Waals surface area (Å²) in [6.07, 6.45) is 6.48. The zero-order chi connectivity index (χ0) is 14.5. The number of carbonyl (C=O) groups is 1. The molecule has 4 nitrogen and oxygen atoms in total. The van der Waals surface area contributed by atoms with Gasteiger partial charge in [0.25, 0.3) is 0 Å². The van der Waals surface area contributed by atoms with Crippen molar-refractivity contribution in [3.8, 4) is 11.5 Å². The molecule has 0 radical (unpaired) electrons. The summed E-state index contributed by atoms with van der Waals surface area (Å²) in [5.74, 6) is 0.320. The van der Waals surface area contributed by atoms with Crippen molar-refractivity contribution in [2.24, 2.45) is 0 Å². The number of carboxylic acids is 1. The summed E-state index contributed by atoms with van der Waals surface area (Å²) in [6.45, 7) is 0. The van der Waals surface area contributed by atoms with Crippen molar-refractivity contribution in [2.45, 2.75) is 19.3 Å². The highest BCUT2D eigenvalue weighted by atomic mass is 16.5. The number of rotatable bonds is 5. The fraction of sp³-hybridized carbons (Fsp3) is 0.312. The number of ether oxygens (including phenoxy) is 2. The highest BCUT2D eigenvalue weighted by Gasteiger charge is 2.16. The highest BCUT2D eigenvalue weighted by molar-refractivity contribution is 5.97. The standard InChI is InChI=1S/C16H18O4/c1-19-14-8-7-11(10-15(14)20-2)9-13(16(17)18)12-5-3-4-6-12/h5,7-10H,3-4,6H2,1-2H3,(H,17,18). The quantitative estimate of drug-likeness (QED) is 0.837. The van der Waals surface area contributed by atoms with Crippen LogP contribution in [0.5, 0.6) is 11.5 Å². The molecule has 0 saturated heterocycles. The summed E-state index contributed by atoms with van der Waals surface area (Å²) in [5, 5.41) is 9.36. The van der Waals surface area contributed by atoms with Crippen LogP contribution in [0.2, 0.25) is 0 Å². The Morgan fingerprint density at radius 1 is 1.25 bits per heavy atom. The summed E-state index contributed by atoms with van der Waals surface area (Å²) < 4.78 is 10.4. The van der Waals surface area contributed by atoms with Gasteiger partial charge in [0.2, 0.25) is 0 Å². The molecule has 4 heteroatoms. The minimum absolute atomic E-state index is 0.356. The Bertz CT molecular complexity index is 570. The van der Waals surface area contributed by atoms with E-state index in [2.05, 4.69) is 0 Å². The summed E-state index contributed by atoms with van der Waals surface area (Å²) >= 11 is 0. The van der Waals surface area contributed by atoms with Gasteiger partial charge in [0.15, 0.2) is 11.5 Å². The van der Waals surface area contributed by atoms with E-state index >= 15 is 0 Å². The van der Waals surface area contributed by atoms with Gasteiger partial charge in [-0.15, -0.1) is 0 Å². The average molecular weight is 274 g/mol. The normalized spacial score (nSPS) is 14.9. The second-order valence-corrected chi connectivity index (χ2v) is 4.60. The van der Waals surface area contributed by atoms with E-state index in [0.717, 1.165) is 30.4 Å². The summed E-state index contributed by atoms with van der Waals surface area (Å²) in [7, 11) is 3.13. The van der Waals surface area contributed by atoms with E-state index in [0.29, 0.717) is 17.1 Å². The molecule has 0 aliphatic heterocycles. The number of allylic oxidation sites excluding steroid dienone is 1. The Morgan fingerprint density at radius 3 is 2.55 bits per heavy atom. The number of hydrogen-bond acceptors (Lipinski definition) is 3. The predicted molar refractivity (Wildman–Crippen MR) is 77.1 cm³/mol. The molecule has 0 heterocycles. The van der Waals surface area contributed by atoms with Gasteiger partial charge in [-0.2, -0.15) is 0 Å². The summed E-state index contributed by atoms with van der Waals surface area (Å²) in [5.41, 5.74) is 2.05. The van der Waals surface area contributed by atoms with Gasteiger partial charge in [-0.3, -0.25) is 0 Å². The molecule has 0 atom stereocenters. The molecule has 0 spiro atoms. The second kappa shape index (κ2) is 6.28. The predicted octanol–water partition coefficient (Wildman–Crippen LogP) is 3.28. The molecule has 1 aliphatic rings. The van der Waals surface area contributed by atoms with Crippen LogP contribution in [-0.4, -0.2) is 25.3 Å². The maximum atomic E-state index is 11.4. The first-order valence-electron chi connectivity index (χ1n) is 6.52. The van der Waals surface area contributed by atoms with Gasteiger partial charge in [-0.25, -0.2) is 4.79 Å². The molecule has 0 saturated carbocycles. The lowest BCUT2D eigenvalue weighted by Crippen LogP contribution is -2.02. The van der Waals surface area contributed by atoms with Crippen molar-refractivity contribution in [3.05, 3.63) is 41.0 Å². The van der Waals surface area contributed by atoms with Crippen LogP contribution in [0.1, 0.15) is 24.8 Å². The minimum Gasteiger partial charge on any atom is -0.493 e. The van der Waals surface area contributed by atoms with Crippen LogP contribution in [0, 0.1) is 0 Å². The largest absolute Gasteiger partial charge is 0.493 e. The molecule has 0 fully saturated rings. The van der Waals surface area contributed by atoms with Crippen molar-refractivity contribution in [3.63, 3.8) is 0 Å². The molecule has 0 bridgehead atoms. The molecule has 0 amide bonds. The van der Waals surface area contributed by atoms with Crippen LogP contribution >= 0.6 is 0 Å². The number of benzene rings is 1. The molecular weight excluding hydrogens is 256 g/mol. The molecule has 106 valence electrons. The van der Waals surface area contributed by atoms with Gasteiger partial charge < -0.3 is 14.6 Å². The van der Waals surface area contributed by atoms with E-state index in [1.54, 1.807) is 32.4 Å². The van der Waals surface area contributed by atoms with E-state index < -0.39 is 5.97 Å². The third-order valence-corrected chi connectivity index (χ3v) is 3.34. The molecule has 1 N–H and O–H groups in total. The van der Waals surface area contributed by atoms with E-state index in [-0.39, 0.29) is 0 Å². The lowest BCUT2D eigenvalue weighted by molar-refractivity contribution is -0.132. The molecular formula is C16H18O4. The van der Waals surface area contributed by atoms with Gasteiger partial charge in [-0.1, -0.05) is 12.1 Å². The Labute approximate surface area is 118 Å². The van der Waals surface area contributed by atoms with Crippen LogP contribution < -0.4 is 9.47 Å². The zero-order valence-corrected chi connectivity index (χ0v) is 11.7. The first-order chi connectivity index (χ1) is 9.65. The average Bonchev–Trinajstić information content (AvgIpc) is 2.97. The molecule has 1 aliphatic carbocycles. The smallest absolute Gasteiger partial charge is 0.335 e. The number of aliphatic carboxylic acids is 1. The second-order valence-electron chi connectivity index (χ2n) is 4.60. The minimum atomic E-state index is -0.895. The number of carboxylic acid groups (broad SMARTS) is 1. The monoisotopic (exact) mass is 274 g/mol. The molecule has 1 aromatic carbocycles. The molecule has 0 unspecified atom stereocenters. The van der Waals surface area contributed by atoms with Crippen molar-refractivity contribution < 1.29 is 19.4 Å². The number of methoxy groups -OCH3 is 2. The van der Waals surface area contributed by atoms with E-state index in [1.807, 2.05) is 12.1 Å². The Morgan fingerprint density at radius 2 is 2.00 bits per heavy atom. The fourth-order valence-corrected chi connectivity index (χ4v) is 2.32. The lowest BCUT2D eigenvalue weighted by atomic mass is 10.0. The van der Waals surface area contributed by atoms with E-state index in [4.69, 9.17) is 9.47 Å². The van der Waals surface area contributed by atoms with Gasteiger partial charge in [0.05, 0.1) is 19.8 Å². The molecule has 0 aromatic heterocycles. The van der Waals surface area contributed by atoms with Crippen molar-refractivity contribution in [1.82, 2.24) is 0 Å². The summed E-state index contributed by atoms with van der Waals surface area (Å²) in [6, 6.07) is 5.37. The van der Waals surface area contributed by atoms with Crippen molar-refractivity contribution >= 4 is 12.0 Å². The van der Waals surface area contributed by atoms with Gasteiger partial charge in [0.1, 0.15) is 0 Å². The third-order valence-electron chi connectivity index (χ3n) is 3.34. The van der Waals surface area contributed by atoms with E-state index in [1.165, 1.54) is 0 Å². The van der Waals surface area contributed by atoms with Gasteiger partial charge in [-0.05, 0) is 48.6 Å². The summed E-state index contributed by atoms with van der Waals surface area (Å²) in [4.78, 5) is 11.4. The van der Waals surface area contributed by atoms with Gasteiger partial charge >= 0.3 is 5.97 Å². The van der Waals surface area contributed by atoms with Crippen molar-refractivity contribution in [2.75, 3.05) is 14.2 Å². The molecule has 1 aromatic rings. The van der Waals surface area contributed by atoms with Crippen molar-refractivity contribution in [1.29, 1.82) is 0 Å². The SMILES string of the molecule is COc1ccc(C=C(C(=O)O)C2=CCCC2)cc1OC. The van der Waals surface area contributed by atoms with Crippen LogP contribution in [0.3, 0.4) is 0 Å². The maximum absolute atomic E-state index is 11.4.